The molecule has 0 bridgehead atoms. The summed E-state index contributed by atoms with van der Waals surface area (Å²) in [4.78, 5) is 16.7. The maximum absolute atomic E-state index is 12.4. The Morgan fingerprint density at radius 2 is 1.93 bits per heavy atom. The second-order valence-corrected chi connectivity index (χ2v) is 6.52. The maximum atomic E-state index is 12.4. The van der Waals surface area contributed by atoms with E-state index in [1.165, 1.54) is 0 Å². The molecule has 1 heterocycles. The van der Waals surface area contributed by atoms with Gasteiger partial charge in [0.05, 0.1) is 26.3 Å². The average molecular weight is 411 g/mol. The Bertz CT molecular complexity index is 1000. The molecule has 2 aromatic carbocycles. The van der Waals surface area contributed by atoms with Gasteiger partial charge in [-0.2, -0.15) is 4.98 Å². The van der Waals surface area contributed by atoms with Crippen LogP contribution in [0.2, 0.25) is 0 Å². The summed E-state index contributed by atoms with van der Waals surface area (Å²) in [5.74, 6) is 2.28. The molecular weight excluding hydrogens is 386 g/mol. The number of hydrogen-bond donors (Lipinski definition) is 1. The smallest absolute Gasteiger partial charge is 0.261 e. The van der Waals surface area contributed by atoms with Crippen molar-refractivity contribution in [2.24, 2.45) is 0 Å². The van der Waals surface area contributed by atoms with Gasteiger partial charge in [-0.1, -0.05) is 30.3 Å². The van der Waals surface area contributed by atoms with Crippen LogP contribution in [0, 0.1) is 0 Å². The molecule has 0 radical (unpaired) electrons. The van der Waals surface area contributed by atoms with Gasteiger partial charge < -0.3 is 24.1 Å². The summed E-state index contributed by atoms with van der Waals surface area (Å²) in [5, 5.41) is 6.73. The maximum Gasteiger partial charge on any atom is 0.261 e. The van der Waals surface area contributed by atoms with E-state index in [-0.39, 0.29) is 18.3 Å². The molecular formula is C22H25N3O5. The Morgan fingerprint density at radius 3 is 2.67 bits per heavy atom. The first kappa shape index (κ1) is 21.2. The molecule has 0 saturated heterocycles. The molecule has 1 atom stereocenters. The van der Waals surface area contributed by atoms with Crippen LogP contribution in [0.25, 0.3) is 11.4 Å². The number of carbonyl (C=O) groups excluding carboxylic acids is 1. The molecule has 8 nitrogen and oxygen atoms in total. The van der Waals surface area contributed by atoms with Crippen molar-refractivity contribution < 1.29 is 23.5 Å². The first-order chi connectivity index (χ1) is 14.5. The Labute approximate surface area is 175 Å². The van der Waals surface area contributed by atoms with Crippen LogP contribution in [0.3, 0.4) is 0 Å². The van der Waals surface area contributed by atoms with E-state index in [0.29, 0.717) is 28.6 Å². The molecule has 0 fully saturated rings. The van der Waals surface area contributed by atoms with E-state index in [1.54, 1.807) is 39.3 Å². The largest absolute Gasteiger partial charge is 0.497 e. The van der Waals surface area contributed by atoms with E-state index < -0.39 is 6.10 Å². The number of rotatable bonds is 9. The highest BCUT2D eigenvalue weighted by molar-refractivity contribution is 5.80. The molecule has 0 aliphatic carbocycles. The number of aromatic nitrogens is 2. The number of ether oxygens (including phenoxy) is 3. The van der Waals surface area contributed by atoms with Gasteiger partial charge in [-0.3, -0.25) is 4.79 Å². The number of aryl methyl sites for hydroxylation is 1. The summed E-state index contributed by atoms with van der Waals surface area (Å²) in [6.07, 6.45) is 0.158. The molecule has 8 heteroatoms. The van der Waals surface area contributed by atoms with Crippen LogP contribution in [0.5, 0.6) is 17.2 Å². The molecule has 1 N–H and O–H groups in total. The summed E-state index contributed by atoms with van der Waals surface area (Å²) in [6.45, 7) is 3.83. The number of carbonyl (C=O) groups is 1. The van der Waals surface area contributed by atoms with Crippen molar-refractivity contribution in [1.82, 2.24) is 15.5 Å². The molecule has 30 heavy (non-hydrogen) atoms. The van der Waals surface area contributed by atoms with E-state index in [0.717, 1.165) is 12.0 Å². The highest BCUT2D eigenvalue weighted by Crippen LogP contribution is 2.31. The van der Waals surface area contributed by atoms with Gasteiger partial charge in [0.15, 0.2) is 6.10 Å². The Balaban J connectivity index is 1.62. The predicted molar refractivity (Wildman–Crippen MR) is 111 cm³/mol. The second kappa shape index (κ2) is 9.78. The van der Waals surface area contributed by atoms with Gasteiger partial charge >= 0.3 is 0 Å². The van der Waals surface area contributed by atoms with Crippen LogP contribution in [-0.4, -0.2) is 36.4 Å². The van der Waals surface area contributed by atoms with E-state index in [1.807, 2.05) is 31.2 Å². The summed E-state index contributed by atoms with van der Waals surface area (Å²) in [5.41, 5.74) is 1.71. The van der Waals surface area contributed by atoms with Gasteiger partial charge in [-0.25, -0.2) is 0 Å². The number of hydrogen-bond acceptors (Lipinski definition) is 7. The zero-order chi connectivity index (χ0) is 21.5. The number of methoxy groups -OCH3 is 2. The molecule has 158 valence electrons. The van der Waals surface area contributed by atoms with Gasteiger partial charge in [-0.05, 0) is 37.1 Å². The van der Waals surface area contributed by atoms with Crippen LogP contribution in [0.4, 0.5) is 0 Å². The minimum absolute atomic E-state index is 0.0907. The molecule has 1 amide bonds. The molecule has 0 aliphatic heterocycles. The number of benzene rings is 2. The van der Waals surface area contributed by atoms with E-state index in [4.69, 9.17) is 18.7 Å². The van der Waals surface area contributed by atoms with Crippen LogP contribution in [0.1, 0.15) is 25.3 Å². The number of amides is 1. The Kier molecular flexibility index (Phi) is 6.90. The zero-order valence-electron chi connectivity index (χ0n) is 17.5. The van der Waals surface area contributed by atoms with Crippen LogP contribution >= 0.6 is 0 Å². The first-order valence-corrected chi connectivity index (χ1v) is 9.63. The normalized spacial score (nSPS) is 11.6. The first-order valence-electron chi connectivity index (χ1n) is 9.63. The fourth-order valence-electron chi connectivity index (χ4n) is 2.88. The van der Waals surface area contributed by atoms with Crippen LogP contribution < -0.4 is 19.5 Å². The zero-order valence-corrected chi connectivity index (χ0v) is 17.5. The van der Waals surface area contributed by atoms with Gasteiger partial charge in [0, 0.05) is 6.07 Å². The fraction of sp³-hybridized carbons (Fsp3) is 0.318. The van der Waals surface area contributed by atoms with Crippen molar-refractivity contribution in [2.75, 3.05) is 14.2 Å². The van der Waals surface area contributed by atoms with Crippen molar-refractivity contribution in [3.8, 4) is 28.6 Å². The van der Waals surface area contributed by atoms with Crippen molar-refractivity contribution in [1.29, 1.82) is 0 Å². The SMILES string of the molecule is CCc1ccccc1OC(C)C(=O)NCc1nc(-c2ccc(OC)cc2OC)no1. The quantitative estimate of drug-likeness (QED) is 0.576. The number of nitrogens with one attached hydrogen (secondary N) is 1. The van der Waals surface area contributed by atoms with E-state index in [2.05, 4.69) is 15.5 Å². The molecule has 0 saturated carbocycles. The number of nitrogens with zero attached hydrogens (tertiary/aromatic N) is 2. The summed E-state index contributed by atoms with van der Waals surface area (Å²) in [7, 11) is 3.13. The monoisotopic (exact) mass is 411 g/mol. The van der Waals surface area contributed by atoms with E-state index in [9.17, 15) is 4.79 Å². The topological polar surface area (TPSA) is 95.7 Å². The van der Waals surface area contributed by atoms with Crippen LogP contribution in [0.15, 0.2) is 47.0 Å². The lowest BCUT2D eigenvalue weighted by atomic mass is 10.1. The lowest BCUT2D eigenvalue weighted by molar-refractivity contribution is -0.127. The third kappa shape index (κ3) is 4.89. The second-order valence-electron chi connectivity index (χ2n) is 6.52. The van der Waals surface area contributed by atoms with Crippen molar-refractivity contribution in [2.45, 2.75) is 32.9 Å². The Morgan fingerprint density at radius 1 is 1.13 bits per heavy atom. The third-order valence-corrected chi connectivity index (χ3v) is 4.56. The summed E-state index contributed by atoms with van der Waals surface area (Å²) in [6, 6.07) is 13.0. The fourth-order valence-corrected chi connectivity index (χ4v) is 2.88. The Hall–Kier alpha value is -3.55. The van der Waals surface area contributed by atoms with Crippen molar-refractivity contribution >= 4 is 5.91 Å². The van der Waals surface area contributed by atoms with Gasteiger partial charge in [0.25, 0.3) is 5.91 Å². The highest BCUT2D eigenvalue weighted by Gasteiger charge is 2.18. The highest BCUT2D eigenvalue weighted by atomic mass is 16.5. The molecule has 0 aliphatic rings. The third-order valence-electron chi connectivity index (χ3n) is 4.56. The van der Waals surface area contributed by atoms with Gasteiger partial charge in [0.1, 0.15) is 17.2 Å². The summed E-state index contributed by atoms with van der Waals surface area (Å²) >= 11 is 0. The standard InChI is InChI=1S/C22H25N3O5/c1-5-15-8-6-7-9-18(15)29-14(2)22(26)23-13-20-24-21(25-30-20)17-11-10-16(27-3)12-19(17)28-4/h6-12,14H,5,13H2,1-4H3,(H,23,26). The summed E-state index contributed by atoms with van der Waals surface area (Å²) < 4.78 is 21.6. The molecule has 1 unspecified atom stereocenters. The van der Waals surface area contributed by atoms with Crippen molar-refractivity contribution in [3.63, 3.8) is 0 Å². The van der Waals surface area contributed by atoms with Crippen LogP contribution in [-0.2, 0) is 17.8 Å². The minimum atomic E-state index is -0.665. The molecule has 1 aromatic heterocycles. The molecule has 3 rings (SSSR count). The van der Waals surface area contributed by atoms with Gasteiger partial charge in [0.2, 0.25) is 11.7 Å². The lowest BCUT2D eigenvalue weighted by Gasteiger charge is -2.16. The van der Waals surface area contributed by atoms with E-state index >= 15 is 0 Å². The molecule has 0 spiro atoms. The average Bonchev–Trinajstić information content (AvgIpc) is 3.26. The minimum Gasteiger partial charge on any atom is -0.497 e. The predicted octanol–water partition coefficient (Wildman–Crippen LogP) is 3.40. The van der Waals surface area contributed by atoms with Gasteiger partial charge in [-0.15, -0.1) is 0 Å². The van der Waals surface area contributed by atoms with Crippen molar-refractivity contribution in [3.05, 3.63) is 53.9 Å². The lowest BCUT2D eigenvalue weighted by Crippen LogP contribution is -2.36. The molecule has 3 aromatic rings. The number of para-hydroxylation sites is 1.